The topological polar surface area (TPSA) is 53.4 Å². The first kappa shape index (κ1) is 14.3. The van der Waals surface area contributed by atoms with Crippen molar-refractivity contribution in [2.75, 3.05) is 6.61 Å². The van der Waals surface area contributed by atoms with Gasteiger partial charge >= 0.3 is 0 Å². The fourth-order valence-corrected chi connectivity index (χ4v) is 3.64. The minimum Gasteiger partial charge on any atom is -0.486 e. The summed E-state index contributed by atoms with van der Waals surface area (Å²) in [6, 6.07) is 9.29. The number of benzene rings is 1. The maximum atomic E-state index is 12.7. The van der Waals surface area contributed by atoms with Gasteiger partial charge < -0.3 is 9.47 Å². The molecule has 6 heteroatoms. The van der Waals surface area contributed by atoms with E-state index in [1.807, 2.05) is 44.2 Å². The number of ether oxygens (including phenoxy) is 2. The molecule has 0 saturated heterocycles. The zero-order chi connectivity index (χ0) is 16.0. The summed E-state index contributed by atoms with van der Waals surface area (Å²) in [4.78, 5) is 19.0. The van der Waals surface area contributed by atoms with Crippen LogP contribution in [0, 0.1) is 6.92 Å². The van der Waals surface area contributed by atoms with Gasteiger partial charge in [0.2, 0.25) is 0 Å². The quantitative estimate of drug-likeness (QED) is 0.725. The summed E-state index contributed by atoms with van der Waals surface area (Å²) in [6.07, 6.45) is 1.37. The Hall–Kier alpha value is -2.34. The maximum Gasteiger partial charge on any atom is 0.262 e. The van der Waals surface area contributed by atoms with E-state index in [0.717, 1.165) is 15.5 Å². The molecule has 3 heterocycles. The summed E-state index contributed by atoms with van der Waals surface area (Å²) < 4.78 is 13.4. The summed E-state index contributed by atoms with van der Waals surface area (Å²) in [5.74, 6) is 1.45. The van der Waals surface area contributed by atoms with Crippen LogP contribution >= 0.6 is 11.3 Å². The zero-order valence-electron chi connectivity index (χ0n) is 12.9. The molecule has 2 atom stereocenters. The van der Waals surface area contributed by atoms with Crippen LogP contribution in [0.2, 0.25) is 0 Å². The molecule has 3 aromatic rings. The number of thiophene rings is 1. The predicted octanol–water partition coefficient (Wildman–Crippen LogP) is 3.17. The Morgan fingerprint density at radius 2 is 2.13 bits per heavy atom. The maximum absolute atomic E-state index is 12.7. The van der Waals surface area contributed by atoms with Gasteiger partial charge in [-0.3, -0.25) is 9.36 Å². The third-order valence-electron chi connectivity index (χ3n) is 4.11. The van der Waals surface area contributed by atoms with Gasteiger partial charge in [-0.2, -0.15) is 0 Å². The van der Waals surface area contributed by atoms with E-state index in [9.17, 15) is 4.79 Å². The highest BCUT2D eigenvalue weighted by molar-refractivity contribution is 7.18. The average molecular weight is 328 g/mol. The minimum absolute atomic E-state index is 0.0330. The molecule has 4 rings (SSSR count). The molecule has 1 aliphatic rings. The fraction of sp³-hybridized carbons (Fsp3) is 0.294. The molecule has 0 aliphatic carbocycles. The van der Waals surface area contributed by atoms with Crippen molar-refractivity contribution in [3.8, 4) is 11.5 Å². The normalized spacial score (nSPS) is 18.1. The van der Waals surface area contributed by atoms with Gasteiger partial charge in [0.25, 0.3) is 5.56 Å². The molecule has 1 aromatic carbocycles. The predicted molar refractivity (Wildman–Crippen MR) is 89.7 cm³/mol. The summed E-state index contributed by atoms with van der Waals surface area (Å²) in [5, 5.41) is 0.666. The standard InChI is InChI=1S/C17H16N2O3S/c1-10-7-12-16(23-10)18-9-19(17(12)20)11(2)15-8-21-13-5-3-4-6-14(13)22-15/h3-7,9,11,15H,8H2,1-2H3/t11-,15-/m1/s1. The Morgan fingerprint density at radius 3 is 2.96 bits per heavy atom. The van der Waals surface area contributed by atoms with E-state index in [4.69, 9.17) is 9.47 Å². The molecule has 0 radical (unpaired) electrons. The lowest BCUT2D eigenvalue weighted by Gasteiger charge is -2.31. The largest absolute Gasteiger partial charge is 0.486 e. The third-order valence-corrected chi connectivity index (χ3v) is 5.07. The number of fused-ring (bicyclic) bond motifs is 2. The number of hydrogen-bond donors (Lipinski definition) is 0. The third kappa shape index (κ3) is 2.39. The summed E-state index contributed by atoms with van der Waals surface area (Å²) in [6.45, 7) is 4.34. The number of hydrogen-bond acceptors (Lipinski definition) is 5. The number of aryl methyl sites for hydroxylation is 1. The van der Waals surface area contributed by atoms with E-state index in [-0.39, 0.29) is 17.7 Å². The molecule has 5 nitrogen and oxygen atoms in total. The monoisotopic (exact) mass is 328 g/mol. The van der Waals surface area contributed by atoms with Crippen molar-refractivity contribution in [3.63, 3.8) is 0 Å². The molecule has 2 aromatic heterocycles. The van der Waals surface area contributed by atoms with Gasteiger partial charge in [0.1, 0.15) is 11.4 Å². The molecular weight excluding hydrogens is 312 g/mol. The smallest absolute Gasteiger partial charge is 0.262 e. The van der Waals surface area contributed by atoms with Crippen molar-refractivity contribution in [3.05, 3.63) is 51.9 Å². The molecule has 0 amide bonds. The Bertz CT molecular complexity index is 931. The Kier molecular flexibility index (Phi) is 3.34. The van der Waals surface area contributed by atoms with Crippen molar-refractivity contribution in [2.24, 2.45) is 0 Å². The first-order valence-corrected chi connectivity index (χ1v) is 8.31. The lowest BCUT2D eigenvalue weighted by Crippen LogP contribution is -2.39. The molecule has 0 N–H and O–H groups in total. The molecule has 0 spiro atoms. The summed E-state index contributed by atoms with van der Waals surface area (Å²) >= 11 is 1.53. The van der Waals surface area contributed by atoms with Gasteiger partial charge in [-0.05, 0) is 32.0 Å². The van der Waals surface area contributed by atoms with Crippen LogP contribution in [0.15, 0.2) is 41.5 Å². The van der Waals surface area contributed by atoms with E-state index >= 15 is 0 Å². The molecular formula is C17H16N2O3S. The number of para-hydroxylation sites is 2. The fourth-order valence-electron chi connectivity index (χ4n) is 2.80. The van der Waals surface area contributed by atoms with Crippen LogP contribution in [0.25, 0.3) is 10.2 Å². The van der Waals surface area contributed by atoms with Gasteiger partial charge in [-0.1, -0.05) is 12.1 Å². The Balaban J connectivity index is 1.69. The van der Waals surface area contributed by atoms with Crippen molar-refractivity contribution in [1.29, 1.82) is 0 Å². The van der Waals surface area contributed by atoms with Crippen LogP contribution in [-0.4, -0.2) is 22.3 Å². The van der Waals surface area contributed by atoms with Crippen molar-refractivity contribution < 1.29 is 9.47 Å². The Labute approximate surface area is 137 Å². The van der Waals surface area contributed by atoms with Crippen LogP contribution in [-0.2, 0) is 0 Å². The van der Waals surface area contributed by atoms with Gasteiger partial charge in [0, 0.05) is 4.88 Å². The molecule has 118 valence electrons. The second-order valence-corrected chi connectivity index (χ2v) is 6.92. The summed E-state index contributed by atoms with van der Waals surface area (Å²) in [7, 11) is 0. The van der Waals surface area contributed by atoms with Crippen molar-refractivity contribution in [1.82, 2.24) is 9.55 Å². The molecule has 0 saturated carbocycles. The second kappa shape index (κ2) is 5.38. The highest BCUT2D eigenvalue weighted by Gasteiger charge is 2.28. The first-order chi connectivity index (χ1) is 11.1. The van der Waals surface area contributed by atoms with Crippen LogP contribution < -0.4 is 15.0 Å². The van der Waals surface area contributed by atoms with Crippen LogP contribution in [0.1, 0.15) is 17.8 Å². The highest BCUT2D eigenvalue weighted by Crippen LogP contribution is 2.33. The van der Waals surface area contributed by atoms with Gasteiger partial charge in [0.15, 0.2) is 17.6 Å². The SMILES string of the molecule is Cc1cc2c(=O)n([C@H](C)[C@H]3COc4ccccc4O3)cnc2s1. The lowest BCUT2D eigenvalue weighted by atomic mass is 10.1. The summed E-state index contributed by atoms with van der Waals surface area (Å²) in [5.41, 5.74) is -0.0330. The molecule has 0 unspecified atom stereocenters. The first-order valence-electron chi connectivity index (χ1n) is 7.49. The second-order valence-electron chi connectivity index (χ2n) is 5.69. The van der Waals surface area contributed by atoms with Gasteiger partial charge in [-0.15, -0.1) is 11.3 Å². The van der Waals surface area contributed by atoms with E-state index in [1.54, 1.807) is 10.9 Å². The molecule has 0 bridgehead atoms. The van der Waals surface area contributed by atoms with Crippen LogP contribution in [0.5, 0.6) is 11.5 Å². The van der Waals surface area contributed by atoms with Crippen LogP contribution in [0.4, 0.5) is 0 Å². The highest BCUT2D eigenvalue weighted by atomic mass is 32.1. The van der Waals surface area contributed by atoms with E-state index < -0.39 is 0 Å². The number of rotatable bonds is 2. The molecule has 0 fully saturated rings. The molecule has 1 aliphatic heterocycles. The van der Waals surface area contributed by atoms with E-state index in [2.05, 4.69) is 4.98 Å². The zero-order valence-corrected chi connectivity index (χ0v) is 13.7. The van der Waals surface area contributed by atoms with Crippen molar-refractivity contribution in [2.45, 2.75) is 26.0 Å². The number of nitrogens with zero attached hydrogens (tertiary/aromatic N) is 2. The van der Waals surface area contributed by atoms with Gasteiger partial charge in [0.05, 0.1) is 17.8 Å². The van der Waals surface area contributed by atoms with Crippen molar-refractivity contribution >= 4 is 21.6 Å². The van der Waals surface area contributed by atoms with Gasteiger partial charge in [-0.25, -0.2) is 4.98 Å². The van der Waals surface area contributed by atoms with E-state index in [0.29, 0.717) is 17.7 Å². The average Bonchev–Trinajstić information content (AvgIpc) is 2.95. The Morgan fingerprint density at radius 1 is 1.35 bits per heavy atom. The van der Waals surface area contributed by atoms with Crippen LogP contribution in [0.3, 0.4) is 0 Å². The minimum atomic E-state index is -0.235. The van der Waals surface area contributed by atoms with E-state index in [1.165, 1.54) is 11.3 Å². The molecule has 23 heavy (non-hydrogen) atoms. The number of aromatic nitrogens is 2. The lowest BCUT2D eigenvalue weighted by molar-refractivity contribution is 0.0559.